The molecule has 0 radical (unpaired) electrons. The summed E-state index contributed by atoms with van der Waals surface area (Å²) in [6.45, 7) is 5.14. The minimum Gasteiger partial charge on any atom is -0.393 e. The van der Waals surface area contributed by atoms with Gasteiger partial charge in [0.1, 0.15) is 0 Å². The molecule has 1 unspecified atom stereocenters. The Kier molecular flexibility index (Phi) is 5.40. The van der Waals surface area contributed by atoms with Crippen molar-refractivity contribution in [3.05, 3.63) is 18.0 Å². The Morgan fingerprint density at radius 3 is 2.80 bits per heavy atom. The van der Waals surface area contributed by atoms with Crippen molar-refractivity contribution in [2.75, 3.05) is 0 Å². The molecule has 0 saturated carbocycles. The van der Waals surface area contributed by atoms with E-state index in [1.165, 1.54) is 12.8 Å². The molecule has 1 aromatic rings. The van der Waals surface area contributed by atoms with Crippen LogP contribution in [0.1, 0.15) is 45.1 Å². The maximum absolute atomic E-state index is 9.77. The van der Waals surface area contributed by atoms with Gasteiger partial charge < -0.3 is 5.11 Å². The van der Waals surface area contributed by atoms with E-state index in [-0.39, 0.29) is 6.10 Å². The van der Waals surface area contributed by atoms with Crippen molar-refractivity contribution in [2.45, 2.75) is 58.6 Å². The molecule has 1 heterocycles. The van der Waals surface area contributed by atoms with E-state index >= 15 is 0 Å². The molecule has 0 fully saturated rings. The van der Waals surface area contributed by atoms with Gasteiger partial charge in [0.25, 0.3) is 0 Å². The molecule has 1 atom stereocenters. The number of rotatable bonds is 7. The molecule has 0 bridgehead atoms. The molecule has 0 aliphatic rings. The first-order valence-corrected chi connectivity index (χ1v) is 5.95. The number of aryl methyl sites for hydroxylation is 1. The number of aliphatic hydroxyl groups is 1. The highest BCUT2D eigenvalue weighted by atomic mass is 16.3. The third-order valence-electron chi connectivity index (χ3n) is 2.62. The summed E-state index contributed by atoms with van der Waals surface area (Å²) in [5, 5.41) is 14.0. The van der Waals surface area contributed by atoms with Crippen molar-refractivity contribution in [3.8, 4) is 0 Å². The molecule has 86 valence electrons. The summed E-state index contributed by atoms with van der Waals surface area (Å²) in [7, 11) is 0. The summed E-state index contributed by atoms with van der Waals surface area (Å²) in [5.74, 6) is 0. The second kappa shape index (κ2) is 6.62. The maximum Gasteiger partial charge on any atom is 0.0581 e. The van der Waals surface area contributed by atoms with Gasteiger partial charge in [-0.05, 0) is 18.9 Å². The van der Waals surface area contributed by atoms with E-state index in [2.05, 4.69) is 18.9 Å². The summed E-state index contributed by atoms with van der Waals surface area (Å²) in [6.07, 6.45) is 8.86. The van der Waals surface area contributed by atoms with Crippen molar-refractivity contribution in [1.82, 2.24) is 9.78 Å². The third kappa shape index (κ3) is 4.47. The Bertz CT molecular complexity index is 270. The summed E-state index contributed by atoms with van der Waals surface area (Å²) in [4.78, 5) is 0. The fourth-order valence-corrected chi connectivity index (χ4v) is 1.69. The molecule has 0 aliphatic heterocycles. The van der Waals surface area contributed by atoms with Crippen molar-refractivity contribution in [1.29, 1.82) is 0 Å². The molecule has 0 saturated heterocycles. The molecule has 3 heteroatoms. The predicted octanol–water partition coefficient (Wildman–Crippen LogP) is 2.39. The lowest BCUT2D eigenvalue weighted by Crippen LogP contribution is -2.09. The highest BCUT2D eigenvalue weighted by molar-refractivity contribution is 5.05. The zero-order valence-electron chi connectivity index (χ0n) is 9.82. The molecular formula is C12H22N2O. The maximum atomic E-state index is 9.77. The highest BCUT2D eigenvalue weighted by Crippen LogP contribution is 2.09. The molecule has 0 amide bonds. The van der Waals surface area contributed by atoms with Gasteiger partial charge in [0, 0.05) is 19.2 Å². The monoisotopic (exact) mass is 210 g/mol. The highest BCUT2D eigenvalue weighted by Gasteiger charge is 2.06. The van der Waals surface area contributed by atoms with E-state index in [0.29, 0.717) is 0 Å². The normalized spacial score (nSPS) is 13.0. The van der Waals surface area contributed by atoms with Crippen molar-refractivity contribution in [3.63, 3.8) is 0 Å². The summed E-state index contributed by atoms with van der Waals surface area (Å²) in [5.41, 5.74) is 1.14. The van der Waals surface area contributed by atoms with E-state index in [1.807, 2.05) is 17.1 Å². The lowest BCUT2D eigenvalue weighted by Gasteiger charge is -2.07. The average molecular weight is 210 g/mol. The Morgan fingerprint density at radius 2 is 2.20 bits per heavy atom. The van der Waals surface area contributed by atoms with Crippen LogP contribution in [-0.2, 0) is 13.0 Å². The standard InChI is InChI=1S/C12H22N2O/c1-3-5-6-7-12(15)8-11-9-13-14(4-2)10-11/h9-10,12,15H,3-8H2,1-2H3. The zero-order chi connectivity index (χ0) is 11.1. The second-order valence-electron chi connectivity index (χ2n) is 4.06. The van der Waals surface area contributed by atoms with Crippen LogP contribution < -0.4 is 0 Å². The van der Waals surface area contributed by atoms with Gasteiger partial charge in [0.15, 0.2) is 0 Å². The van der Waals surface area contributed by atoms with E-state index in [4.69, 9.17) is 0 Å². The predicted molar refractivity (Wildman–Crippen MR) is 61.8 cm³/mol. The number of nitrogens with zero attached hydrogens (tertiary/aromatic N) is 2. The summed E-state index contributed by atoms with van der Waals surface area (Å²) < 4.78 is 1.90. The van der Waals surface area contributed by atoms with Crippen LogP contribution in [0.4, 0.5) is 0 Å². The van der Waals surface area contributed by atoms with E-state index < -0.39 is 0 Å². The number of hydrogen-bond donors (Lipinski definition) is 1. The van der Waals surface area contributed by atoms with E-state index in [0.717, 1.165) is 31.4 Å². The Hall–Kier alpha value is -0.830. The Balaban J connectivity index is 2.27. The number of unbranched alkanes of at least 4 members (excludes halogenated alkanes) is 2. The van der Waals surface area contributed by atoms with Gasteiger partial charge in [-0.2, -0.15) is 5.10 Å². The third-order valence-corrected chi connectivity index (χ3v) is 2.62. The van der Waals surface area contributed by atoms with Gasteiger partial charge in [0.05, 0.1) is 12.3 Å². The minimum atomic E-state index is -0.203. The van der Waals surface area contributed by atoms with Gasteiger partial charge in [-0.25, -0.2) is 0 Å². The molecule has 15 heavy (non-hydrogen) atoms. The van der Waals surface area contributed by atoms with Crippen molar-refractivity contribution >= 4 is 0 Å². The first kappa shape index (κ1) is 12.2. The Labute approximate surface area is 92.1 Å². The quantitative estimate of drug-likeness (QED) is 0.702. The average Bonchev–Trinajstić information content (AvgIpc) is 2.66. The van der Waals surface area contributed by atoms with Crippen LogP contribution in [0, 0.1) is 0 Å². The van der Waals surface area contributed by atoms with Gasteiger partial charge in [-0.15, -0.1) is 0 Å². The van der Waals surface area contributed by atoms with E-state index in [9.17, 15) is 5.11 Å². The number of aliphatic hydroxyl groups excluding tert-OH is 1. The van der Waals surface area contributed by atoms with Crippen LogP contribution in [0.15, 0.2) is 12.4 Å². The first-order chi connectivity index (χ1) is 7.26. The molecule has 1 aromatic heterocycles. The zero-order valence-corrected chi connectivity index (χ0v) is 9.82. The van der Waals surface area contributed by atoms with Crippen molar-refractivity contribution < 1.29 is 5.11 Å². The Morgan fingerprint density at radius 1 is 1.40 bits per heavy atom. The van der Waals surface area contributed by atoms with Crippen LogP contribution in [0.25, 0.3) is 0 Å². The number of aromatic nitrogens is 2. The van der Waals surface area contributed by atoms with Crippen LogP contribution in [0.5, 0.6) is 0 Å². The number of hydrogen-bond acceptors (Lipinski definition) is 2. The SMILES string of the molecule is CCCCCC(O)Cc1cnn(CC)c1. The lowest BCUT2D eigenvalue weighted by atomic mass is 10.1. The molecule has 1 N–H and O–H groups in total. The summed E-state index contributed by atoms with van der Waals surface area (Å²) in [6, 6.07) is 0. The first-order valence-electron chi connectivity index (χ1n) is 5.95. The van der Waals surface area contributed by atoms with Crippen LogP contribution >= 0.6 is 0 Å². The van der Waals surface area contributed by atoms with Gasteiger partial charge in [-0.3, -0.25) is 4.68 Å². The minimum absolute atomic E-state index is 0.203. The van der Waals surface area contributed by atoms with Crippen LogP contribution in [0.2, 0.25) is 0 Å². The molecule has 0 aromatic carbocycles. The second-order valence-corrected chi connectivity index (χ2v) is 4.06. The largest absolute Gasteiger partial charge is 0.393 e. The molecular weight excluding hydrogens is 188 g/mol. The van der Waals surface area contributed by atoms with Crippen LogP contribution in [0.3, 0.4) is 0 Å². The smallest absolute Gasteiger partial charge is 0.0581 e. The van der Waals surface area contributed by atoms with Gasteiger partial charge >= 0.3 is 0 Å². The van der Waals surface area contributed by atoms with Crippen molar-refractivity contribution in [2.24, 2.45) is 0 Å². The van der Waals surface area contributed by atoms with E-state index in [1.54, 1.807) is 0 Å². The molecule has 0 aliphatic carbocycles. The topological polar surface area (TPSA) is 38.1 Å². The summed E-state index contributed by atoms with van der Waals surface area (Å²) >= 11 is 0. The molecule has 1 rings (SSSR count). The molecule has 3 nitrogen and oxygen atoms in total. The fraction of sp³-hybridized carbons (Fsp3) is 0.750. The van der Waals surface area contributed by atoms with Gasteiger partial charge in [-0.1, -0.05) is 26.2 Å². The fourth-order valence-electron chi connectivity index (χ4n) is 1.69. The molecule has 0 spiro atoms. The lowest BCUT2D eigenvalue weighted by molar-refractivity contribution is 0.161. The van der Waals surface area contributed by atoms with Gasteiger partial charge in [0.2, 0.25) is 0 Å². The van der Waals surface area contributed by atoms with Crippen LogP contribution in [-0.4, -0.2) is 21.0 Å².